The Morgan fingerprint density at radius 1 is 1.39 bits per heavy atom. The van der Waals surface area contributed by atoms with E-state index in [0.717, 1.165) is 23.4 Å². The van der Waals surface area contributed by atoms with Crippen LogP contribution in [0.2, 0.25) is 0 Å². The van der Waals surface area contributed by atoms with Gasteiger partial charge in [0.1, 0.15) is 5.75 Å². The number of anilines is 1. The largest absolute Gasteiger partial charge is 0.496 e. The average molecular weight is 251 g/mol. The van der Waals surface area contributed by atoms with Gasteiger partial charge < -0.3 is 14.7 Å². The molecule has 1 rings (SSSR count). The molecule has 0 aromatic heterocycles. The van der Waals surface area contributed by atoms with Gasteiger partial charge in [-0.05, 0) is 39.3 Å². The lowest BCUT2D eigenvalue weighted by molar-refractivity contribution is 0.194. The van der Waals surface area contributed by atoms with Gasteiger partial charge in [0.2, 0.25) is 0 Å². The molecular weight excluding hydrogens is 226 g/mol. The van der Waals surface area contributed by atoms with Crippen molar-refractivity contribution in [1.29, 1.82) is 0 Å². The molecule has 0 amide bonds. The molecule has 1 aromatic carbocycles. The molecule has 0 bridgehead atoms. The van der Waals surface area contributed by atoms with E-state index >= 15 is 0 Å². The highest BCUT2D eigenvalue weighted by molar-refractivity contribution is 5.61. The molecule has 0 spiro atoms. The zero-order valence-electron chi connectivity index (χ0n) is 12.3. The molecule has 0 aliphatic carbocycles. The van der Waals surface area contributed by atoms with Crippen LogP contribution in [-0.2, 0) is 0 Å². The minimum absolute atomic E-state index is 0.0377. The molecule has 0 heterocycles. The van der Waals surface area contributed by atoms with Crippen LogP contribution in [0.15, 0.2) is 18.2 Å². The number of hydrogen-bond acceptors (Lipinski definition) is 3. The molecule has 0 unspecified atom stereocenters. The van der Waals surface area contributed by atoms with Crippen LogP contribution in [0.25, 0.3) is 0 Å². The molecule has 0 aliphatic rings. The third-order valence-electron chi connectivity index (χ3n) is 3.82. The molecule has 0 fully saturated rings. The Hall–Kier alpha value is -1.22. The number of nitrogens with zero attached hydrogens (tertiary/aromatic N) is 1. The summed E-state index contributed by atoms with van der Waals surface area (Å²) in [4.78, 5) is 2.21. The van der Waals surface area contributed by atoms with Crippen LogP contribution in [0.1, 0.15) is 45.8 Å². The highest BCUT2D eigenvalue weighted by atomic mass is 16.5. The molecule has 1 aromatic rings. The summed E-state index contributed by atoms with van der Waals surface area (Å²) in [6.07, 6.45) is 0.478. The molecule has 0 saturated carbocycles. The van der Waals surface area contributed by atoms with Crippen molar-refractivity contribution in [1.82, 2.24) is 0 Å². The Bertz CT molecular complexity index is 399. The van der Waals surface area contributed by atoms with E-state index in [4.69, 9.17) is 4.74 Å². The van der Waals surface area contributed by atoms with Crippen LogP contribution in [0.5, 0.6) is 5.75 Å². The fourth-order valence-corrected chi connectivity index (χ4v) is 1.99. The Morgan fingerprint density at radius 2 is 2.00 bits per heavy atom. The minimum atomic E-state index is -0.550. The summed E-state index contributed by atoms with van der Waals surface area (Å²) >= 11 is 0. The van der Waals surface area contributed by atoms with Gasteiger partial charge in [0.05, 0.1) is 13.2 Å². The molecule has 1 atom stereocenters. The first-order chi connectivity index (χ1) is 8.35. The maximum absolute atomic E-state index is 10.00. The van der Waals surface area contributed by atoms with E-state index in [1.807, 2.05) is 18.2 Å². The van der Waals surface area contributed by atoms with Crippen molar-refractivity contribution in [2.75, 3.05) is 19.1 Å². The fraction of sp³-hybridized carbons (Fsp3) is 0.600. The Morgan fingerprint density at radius 3 is 2.44 bits per heavy atom. The molecule has 0 aliphatic heterocycles. The fourth-order valence-electron chi connectivity index (χ4n) is 1.99. The van der Waals surface area contributed by atoms with Crippen molar-refractivity contribution in [2.45, 2.75) is 45.8 Å². The quantitative estimate of drug-likeness (QED) is 0.871. The van der Waals surface area contributed by atoms with E-state index in [0.29, 0.717) is 0 Å². The lowest BCUT2D eigenvalue weighted by Gasteiger charge is -2.38. The van der Waals surface area contributed by atoms with Gasteiger partial charge >= 0.3 is 0 Å². The minimum Gasteiger partial charge on any atom is -0.496 e. The summed E-state index contributed by atoms with van der Waals surface area (Å²) in [5, 5.41) is 10.00. The molecule has 3 heteroatoms. The van der Waals surface area contributed by atoms with Crippen molar-refractivity contribution >= 4 is 5.69 Å². The van der Waals surface area contributed by atoms with Crippen LogP contribution < -0.4 is 9.64 Å². The van der Waals surface area contributed by atoms with E-state index in [9.17, 15) is 5.11 Å². The number of benzene rings is 1. The summed E-state index contributed by atoms with van der Waals surface area (Å²) in [5.74, 6) is 0.737. The monoisotopic (exact) mass is 251 g/mol. The van der Waals surface area contributed by atoms with Gasteiger partial charge in [-0.2, -0.15) is 0 Å². The second kappa shape index (κ2) is 5.61. The van der Waals surface area contributed by atoms with Crippen molar-refractivity contribution in [3.8, 4) is 5.75 Å². The number of hydrogen-bond donors (Lipinski definition) is 1. The number of methoxy groups -OCH3 is 1. The van der Waals surface area contributed by atoms with E-state index in [1.54, 1.807) is 14.0 Å². The molecule has 0 saturated heterocycles. The normalized spacial score (nSPS) is 13.3. The van der Waals surface area contributed by atoms with E-state index in [-0.39, 0.29) is 5.54 Å². The van der Waals surface area contributed by atoms with Crippen LogP contribution in [0.4, 0.5) is 5.69 Å². The molecular formula is C15H25NO2. The molecule has 1 N–H and O–H groups in total. The van der Waals surface area contributed by atoms with Crippen molar-refractivity contribution in [2.24, 2.45) is 0 Å². The van der Waals surface area contributed by atoms with Crippen LogP contribution >= 0.6 is 0 Å². The third kappa shape index (κ3) is 2.78. The van der Waals surface area contributed by atoms with Gasteiger partial charge in [-0.25, -0.2) is 0 Å². The molecule has 3 nitrogen and oxygen atoms in total. The molecule has 102 valence electrons. The maximum atomic E-state index is 10.00. The van der Waals surface area contributed by atoms with Crippen LogP contribution in [0.3, 0.4) is 0 Å². The van der Waals surface area contributed by atoms with Gasteiger partial charge in [-0.3, -0.25) is 0 Å². The van der Waals surface area contributed by atoms with Crippen molar-refractivity contribution < 1.29 is 9.84 Å². The summed E-state index contributed by atoms with van der Waals surface area (Å²) in [7, 11) is 3.69. The van der Waals surface area contributed by atoms with Crippen LogP contribution in [-0.4, -0.2) is 24.8 Å². The highest BCUT2D eigenvalue weighted by Gasteiger charge is 2.25. The van der Waals surface area contributed by atoms with E-state index in [2.05, 4.69) is 32.7 Å². The topological polar surface area (TPSA) is 32.7 Å². The number of aliphatic hydroxyl groups excluding tert-OH is 1. The summed E-state index contributed by atoms with van der Waals surface area (Å²) in [6, 6.07) is 5.88. The second-order valence-corrected chi connectivity index (χ2v) is 5.29. The van der Waals surface area contributed by atoms with Crippen molar-refractivity contribution in [3.05, 3.63) is 23.8 Å². The van der Waals surface area contributed by atoms with Gasteiger partial charge in [-0.15, -0.1) is 0 Å². The zero-order valence-corrected chi connectivity index (χ0v) is 12.3. The Balaban J connectivity index is 3.32. The summed E-state index contributed by atoms with van der Waals surface area (Å²) in [5.41, 5.74) is 1.91. The highest BCUT2D eigenvalue weighted by Crippen LogP contribution is 2.37. The standard InChI is InChI=1S/C15H25NO2/c1-7-15(3,4)16(5)12-9-8-10-13(18-6)14(12)11(2)17/h8-11,17H,7H2,1-6H3/t11-/m1/s1. The molecule has 18 heavy (non-hydrogen) atoms. The number of ether oxygens (including phenoxy) is 1. The smallest absolute Gasteiger partial charge is 0.126 e. The van der Waals surface area contributed by atoms with Gasteiger partial charge in [0, 0.05) is 23.8 Å². The SMILES string of the molecule is CCC(C)(C)N(C)c1cccc(OC)c1[C@@H](C)O. The Kier molecular flexibility index (Phi) is 4.63. The van der Waals surface area contributed by atoms with E-state index < -0.39 is 6.10 Å². The average Bonchev–Trinajstić information content (AvgIpc) is 2.36. The maximum Gasteiger partial charge on any atom is 0.126 e. The van der Waals surface area contributed by atoms with Gasteiger partial charge in [-0.1, -0.05) is 13.0 Å². The number of rotatable bonds is 5. The first-order valence-corrected chi connectivity index (χ1v) is 6.44. The number of aliphatic hydroxyl groups is 1. The predicted octanol–water partition coefficient (Wildman–Crippen LogP) is 3.37. The Labute approximate surface area is 110 Å². The van der Waals surface area contributed by atoms with Gasteiger partial charge in [0.25, 0.3) is 0 Å². The molecule has 0 radical (unpaired) electrons. The van der Waals surface area contributed by atoms with E-state index in [1.165, 1.54) is 0 Å². The van der Waals surface area contributed by atoms with Crippen molar-refractivity contribution in [3.63, 3.8) is 0 Å². The second-order valence-electron chi connectivity index (χ2n) is 5.29. The zero-order chi connectivity index (χ0) is 13.9. The first-order valence-electron chi connectivity index (χ1n) is 6.44. The summed E-state index contributed by atoms with van der Waals surface area (Å²) in [6.45, 7) is 8.32. The van der Waals surface area contributed by atoms with Crippen LogP contribution in [0, 0.1) is 0 Å². The summed E-state index contributed by atoms with van der Waals surface area (Å²) < 4.78 is 5.36. The lowest BCUT2D eigenvalue weighted by Crippen LogP contribution is -2.41. The third-order valence-corrected chi connectivity index (χ3v) is 3.82. The van der Waals surface area contributed by atoms with Gasteiger partial charge in [0.15, 0.2) is 0 Å². The predicted molar refractivity (Wildman–Crippen MR) is 76.4 cm³/mol. The first kappa shape index (κ1) is 14.8. The lowest BCUT2D eigenvalue weighted by atomic mass is 9.96.